The van der Waals surface area contributed by atoms with Crippen LogP contribution in [-0.2, 0) is 6.54 Å². The molecule has 0 aromatic carbocycles. The number of amides is 1. The molecule has 0 spiro atoms. The lowest BCUT2D eigenvalue weighted by atomic mass is 10.1. The van der Waals surface area contributed by atoms with Gasteiger partial charge in [-0.2, -0.15) is 0 Å². The summed E-state index contributed by atoms with van der Waals surface area (Å²) in [6.45, 7) is 1.94. The van der Waals surface area contributed by atoms with E-state index in [9.17, 15) is 14.3 Å². The van der Waals surface area contributed by atoms with Gasteiger partial charge >= 0.3 is 0 Å². The molecule has 0 aliphatic heterocycles. The summed E-state index contributed by atoms with van der Waals surface area (Å²) in [4.78, 5) is 21.8. The SMILES string of the molecule is CC[C@@H](CO)N(Cc1cccnc1)C(=O)c1ccncc1F. The number of aromatic nitrogens is 2. The van der Waals surface area contributed by atoms with E-state index >= 15 is 0 Å². The number of hydrogen-bond acceptors (Lipinski definition) is 4. The number of halogens is 1. The monoisotopic (exact) mass is 303 g/mol. The minimum Gasteiger partial charge on any atom is -0.394 e. The van der Waals surface area contributed by atoms with E-state index in [2.05, 4.69) is 9.97 Å². The summed E-state index contributed by atoms with van der Waals surface area (Å²) in [7, 11) is 0. The molecule has 6 heteroatoms. The van der Waals surface area contributed by atoms with E-state index in [1.165, 1.54) is 17.2 Å². The molecule has 1 atom stereocenters. The van der Waals surface area contributed by atoms with Crippen LogP contribution in [0, 0.1) is 5.82 Å². The fourth-order valence-corrected chi connectivity index (χ4v) is 2.21. The van der Waals surface area contributed by atoms with Gasteiger partial charge in [0.05, 0.1) is 24.4 Å². The molecule has 116 valence electrons. The average molecular weight is 303 g/mol. The van der Waals surface area contributed by atoms with Crippen molar-refractivity contribution in [3.63, 3.8) is 0 Å². The molecule has 0 saturated carbocycles. The quantitative estimate of drug-likeness (QED) is 0.886. The van der Waals surface area contributed by atoms with Crippen LogP contribution in [0.2, 0.25) is 0 Å². The van der Waals surface area contributed by atoms with Crippen molar-refractivity contribution in [3.05, 3.63) is 59.9 Å². The van der Waals surface area contributed by atoms with Crippen molar-refractivity contribution in [3.8, 4) is 0 Å². The molecule has 0 aliphatic carbocycles. The van der Waals surface area contributed by atoms with Crippen molar-refractivity contribution in [1.29, 1.82) is 0 Å². The molecule has 1 N–H and O–H groups in total. The second kappa shape index (κ2) is 7.61. The topological polar surface area (TPSA) is 66.3 Å². The Morgan fingerprint density at radius 3 is 2.68 bits per heavy atom. The summed E-state index contributed by atoms with van der Waals surface area (Å²) in [6, 6.07) is 4.56. The van der Waals surface area contributed by atoms with Crippen LogP contribution in [0.1, 0.15) is 29.3 Å². The average Bonchev–Trinajstić information content (AvgIpc) is 2.56. The van der Waals surface area contributed by atoms with Gasteiger partial charge in [-0.25, -0.2) is 4.39 Å². The Morgan fingerprint density at radius 2 is 2.09 bits per heavy atom. The van der Waals surface area contributed by atoms with Gasteiger partial charge in [-0.15, -0.1) is 0 Å². The van der Waals surface area contributed by atoms with Crippen molar-refractivity contribution in [2.45, 2.75) is 25.9 Å². The Morgan fingerprint density at radius 1 is 1.32 bits per heavy atom. The number of pyridine rings is 2. The molecule has 0 fully saturated rings. The summed E-state index contributed by atoms with van der Waals surface area (Å²) in [5.74, 6) is -1.14. The van der Waals surface area contributed by atoms with Crippen molar-refractivity contribution in [2.24, 2.45) is 0 Å². The summed E-state index contributed by atoms with van der Waals surface area (Å²) in [6.07, 6.45) is 6.23. The van der Waals surface area contributed by atoms with E-state index in [1.54, 1.807) is 18.5 Å². The molecular weight excluding hydrogens is 285 g/mol. The lowest BCUT2D eigenvalue weighted by molar-refractivity contribution is 0.0558. The van der Waals surface area contributed by atoms with Crippen LogP contribution in [0.5, 0.6) is 0 Å². The third-order valence-electron chi connectivity index (χ3n) is 3.46. The molecule has 2 heterocycles. The largest absolute Gasteiger partial charge is 0.394 e. The van der Waals surface area contributed by atoms with E-state index < -0.39 is 11.7 Å². The van der Waals surface area contributed by atoms with E-state index in [4.69, 9.17) is 0 Å². The standard InChI is InChI=1S/C16H18FN3O2/c1-2-13(11-21)20(10-12-4-3-6-18-8-12)16(22)14-5-7-19-9-15(14)17/h3-9,13,21H,2,10-11H2,1H3/t13-/m0/s1. The van der Waals surface area contributed by atoms with Gasteiger partial charge in [-0.3, -0.25) is 14.8 Å². The molecule has 0 saturated heterocycles. The summed E-state index contributed by atoms with van der Waals surface area (Å²) in [5, 5.41) is 9.52. The number of carbonyl (C=O) groups is 1. The van der Waals surface area contributed by atoms with Gasteiger partial charge in [0, 0.05) is 25.1 Å². The van der Waals surface area contributed by atoms with Gasteiger partial charge in [0.25, 0.3) is 5.91 Å². The van der Waals surface area contributed by atoms with Crippen LogP contribution in [0.4, 0.5) is 4.39 Å². The van der Waals surface area contributed by atoms with E-state index in [0.29, 0.717) is 6.42 Å². The highest BCUT2D eigenvalue weighted by molar-refractivity contribution is 5.94. The normalized spacial score (nSPS) is 12.0. The van der Waals surface area contributed by atoms with Crippen molar-refractivity contribution in [1.82, 2.24) is 14.9 Å². The lowest BCUT2D eigenvalue weighted by Crippen LogP contribution is -2.42. The Bertz CT molecular complexity index is 618. The maximum Gasteiger partial charge on any atom is 0.257 e. The van der Waals surface area contributed by atoms with Gasteiger partial charge in [0.15, 0.2) is 5.82 Å². The number of carbonyl (C=O) groups excluding carboxylic acids is 1. The van der Waals surface area contributed by atoms with Gasteiger partial charge in [-0.05, 0) is 24.1 Å². The zero-order valence-corrected chi connectivity index (χ0v) is 12.3. The van der Waals surface area contributed by atoms with Crippen LogP contribution in [-0.4, -0.2) is 38.5 Å². The van der Waals surface area contributed by atoms with Crippen molar-refractivity contribution >= 4 is 5.91 Å². The molecule has 1 amide bonds. The highest BCUT2D eigenvalue weighted by Gasteiger charge is 2.25. The Hall–Kier alpha value is -2.34. The van der Waals surface area contributed by atoms with Gasteiger partial charge in [0.1, 0.15) is 0 Å². The summed E-state index contributed by atoms with van der Waals surface area (Å²) >= 11 is 0. The molecule has 2 rings (SSSR count). The molecule has 2 aromatic rings. The van der Waals surface area contributed by atoms with Crippen molar-refractivity contribution < 1.29 is 14.3 Å². The number of aliphatic hydroxyl groups excluding tert-OH is 1. The highest BCUT2D eigenvalue weighted by Crippen LogP contribution is 2.16. The molecule has 2 aromatic heterocycles. The molecule has 22 heavy (non-hydrogen) atoms. The molecule has 0 bridgehead atoms. The van der Waals surface area contributed by atoms with E-state index in [-0.39, 0.29) is 24.8 Å². The summed E-state index contributed by atoms with van der Waals surface area (Å²) < 4.78 is 13.8. The van der Waals surface area contributed by atoms with Gasteiger partial charge in [-0.1, -0.05) is 13.0 Å². The number of hydrogen-bond donors (Lipinski definition) is 1. The predicted octanol–water partition coefficient (Wildman–Crippen LogP) is 2.03. The van der Waals surface area contributed by atoms with Crippen LogP contribution in [0.25, 0.3) is 0 Å². The van der Waals surface area contributed by atoms with Gasteiger partial charge < -0.3 is 10.0 Å². The number of rotatable bonds is 6. The van der Waals surface area contributed by atoms with Crippen LogP contribution in [0.15, 0.2) is 43.0 Å². The minimum absolute atomic E-state index is 0.0502. The van der Waals surface area contributed by atoms with Gasteiger partial charge in [0.2, 0.25) is 0 Å². The lowest BCUT2D eigenvalue weighted by Gasteiger charge is -2.30. The van der Waals surface area contributed by atoms with Crippen LogP contribution >= 0.6 is 0 Å². The van der Waals surface area contributed by atoms with E-state index in [1.807, 2.05) is 13.0 Å². The second-order valence-electron chi connectivity index (χ2n) is 4.89. The first-order chi connectivity index (χ1) is 10.7. The molecular formula is C16H18FN3O2. The second-order valence-corrected chi connectivity index (χ2v) is 4.89. The molecule has 0 radical (unpaired) electrons. The first-order valence-electron chi connectivity index (χ1n) is 7.07. The number of nitrogens with zero attached hydrogens (tertiary/aromatic N) is 3. The maximum atomic E-state index is 13.8. The first-order valence-corrected chi connectivity index (χ1v) is 7.07. The van der Waals surface area contributed by atoms with Crippen LogP contribution < -0.4 is 0 Å². The fourth-order valence-electron chi connectivity index (χ4n) is 2.21. The molecule has 0 unspecified atom stereocenters. The maximum absolute atomic E-state index is 13.8. The number of aliphatic hydroxyl groups is 1. The third kappa shape index (κ3) is 3.65. The first kappa shape index (κ1) is 16.0. The molecule has 5 nitrogen and oxygen atoms in total. The Kier molecular flexibility index (Phi) is 5.55. The van der Waals surface area contributed by atoms with Crippen LogP contribution in [0.3, 0.4) is 0 Å². The predicted molar refractivity (Wildman–Crippen MR) is 79.5 cm³/mol. The van der Waals surface area contributed by atoms with E-state index in [0.717, 1.165) is 11.8 Å². The summed E-state index contributed by atoms with van der Waals surface area (Å²) in [5.41, 5.74) is 0.767. The Labute approximate surface area is 128 Å². The Balaban J connectivity index is 2.32. The smallest absolute Gasteiger partial charge is 0.257 e. The zero-order chi connectivity index (χ0) is 15.9. The zero-order valence-electron chi connectivity index (χ0n) is 12.3. The third-order valence-corrected chi connectivity index (χ3v) is 3.46. The highest BCUT2D eigenvalue weighted by atomic mass is 19.1. The fraction of sp³-hybridized carbons (Fsp3) is 0.312. The minimum atomic E-state index is -0.670. The molecule has 0 aliphatic rings. The van der Waals surface area contributed by atoms with Crippen molar-refractivity contribution in [2.75, 3.05) is 6.61 Å².